The summed E-state index contributed by atoms with van der Waals surface area (Å²) < 4.78 is 0.928. The summed E-state index contributed by atoms with van der Waals surface area (Å²) in [5, 5.41) is 0. The van der Waals surface area contributed by atoms with Crippen molar-refractivity contribution in [2.45, 2.75) is 13.3 Å². The summed E-state index contributed by atoms with van der Waals surface area (Å²) in [6.45, 7) is 1.95. The van der Waals surface area contributed by atoms with Gasteiger partial charge in [-0.15, -0.1) is 0 Å². The number of Topliss-reactive ketones (excluding diaryl/α,β-unsaturated/α-hetero) is 1. The summed E-state index contributed by atoms with van der Waals surface area (Å²) in [5.41, 5.74) is 2.71. The third-order valence-corrected chi connectivity index (χ3v) is 3.08. The molecule has 2 rings (SSSR count). The maximum absolute atomic E-state index is 12.1. The summed E-state index contributed by atoms with van der Waals surface area (Å²) in [5.74, 6) is 0.122. The zero-order chi connectivity index (χ0) is 12.3. The average molecular weight is 290 g/mol. The van der Waals surface area contributed by atoms with Crippen molar-refractivity contribution in [1.29, 1.82) is 0 Å². The van der Waals surface area contributed by atoms with Crippen LogP contribution in [0.3, 0.4) is 0 Å². The lowest BCUT2D eigenvalue weighted by molar-refractivity contribution is 0.0992. The number of carbonyl (C=O) groups excluding carboxylic acids is 1. The van der Waals surface area contributed by atoms with Gasteiger partial charge < -0.3 is 0 Å². The average Bonchev–Trinajstić information content (AvgIpc) is 2.33. The van der Waals surface area contributed by atoms with Crippen LogP contribution in [-0.4, -0.2) is 10.8 Å². The Balaban J connectivity index is 2.23. The van der Waals surface area contributed by atoms with Gasteiger partial charge in [0.15, 0.2) is 5.78 Å². The molecule has 17 heavy (non-hydrogen) atoms. The van der Waals surface area contributed by atoms with Gasteiger partial charge in [-0.2, -0.15) is 0 Å². The van der Waals surface area contributed by atoms with Gasteiger partial charge in [-0.25, -0.2) is 0 Å². The fourth-order valence-electron chi connectivity index (χ4n) is 1.68. The summed E-state index contributed by atoms with van der Waals surface area (Å²) >= 11 is 3.39. The number of rotatable bonds is 3. The zero-order valence-electron chi connectivity index (χ0n) is 9.48. The van der Waals surface area contributed by atoms with Crippen molar-refractivity contribution >= 4 is 21.7 Å². The molecule has 0 radical (unpaired) electrons. The minimum Gasteiger partial charge on any atom is -0.294 e. The van der Waals surface area contributed by atoms with Gasteiger partial charge in [-0.3, -0.25) is 9.78 Å². The minimum absolute atomic E-state index is 0.122. The van der Waals surface area contributed by atoms with Gasteiger partial charge >= 0.3 is 0 Å². The fourth-order valence-corrected chi connectivity index (χ4v) is 2.04. The topological polar surface area (TPSA) is 30.0 Å². The van der Waals surface area contributed by atoms with E-state index in [1.807, 2.05) is 37.3 Å². The van der Waals surface area contributed by atoms with Crippen LogP contribution in [-0.2, 0) is 6.42 Å². The first kappa shape index (κ1) is 12.0. The normalized spacial score (nSPS) is 10.2. The van der Waals surface area contributed by atoms with Gasteiger partial charge in [0.1, 0.15) is 0 Å². The molecule has 0 fully saturated rings. The lowest BCUT2D eigenvalue weighted by atomic mass is 10.0. The molecule has 2 nitrogen and oxygen atoms in total. The molecule has 0 aliphatic carbocycles. The number of hydrogen-bond acceptors (Lipinski definition) is 2. The van der Waals surface area contributed by atoms with Crippen LogP contribution < -0.4 is 0 Å². The van der Waals surface area contributed by atoms with E-state index in [1.165, 1.54) is 0 Å². The quantitative estimate of drug-likeness (QED) is 0.809. The number of carbonyl (C=O) groups is 1. The van der Waals surface area contributed by atoms with E-state index in [-0.39, 0.29) is 5.78 Å². The highest BCUT2D eigenvalue weighted by molar-refractivity contribution is 9.10. The van der Waals surface area contributed by atoms with E-state index in [1.54, 1.807) is 12.4 Å². The van der Waals surface area contributed by atoms with E-state index >= 15 is 0 Å². The molecule has 0 unspecified atom stereocenters. The molecule has 1 heterocycles. The van der Waals surface area contributed by atoms with Crippen LogP contribution in [0.5, 0.6) is 0 Å². The maximum Gasteiger partial charge on any atom is 0.167 e. The number of nitrogens with zero attached hydrogens (tertiary/aromatic N) is 1. The highest BCUT2D eigenvalue weighted by atomic mass is 79.9. The lowest BCUT2D eigenvalue weighted by Crippen LogP contribution is -2.05. The monoisotopic (exact) mass is 289 g/mol. The summed E-state index contributed by atoms with van der Waals surface area (Å²) in [7, 11) is 0. The van der Waals surface area contributed by atoms with Crippen molar-refractivity contribution in [2.24, 2.45) is 0 Å². The van der Waals surface area contributed by atoms with Crippen molar-refractivity contribution in [3.05, 3.63) is 63.9 Å². The van der Waals surface area contributed by atoms with Crippen LogP contribution >= 0.6 is 15.9 Å². The van der Waals surface area contributed by atoms with Crippen LogP contribution in [0.4, 0.5) is 0 Å². The molecule has 0 spiro atoms. The van der Waals surface area contributed by atoms with Crippen LogP contribution in [0.25, 0.3) is 0 Å². The fraction of sp³-hybridized carbons (Fsp3) is 0.143. The first-order valence-corrected chi connectivity index (χ1v) is 6.14. The Hall–Kier alpha value is -1.48. The zero-order valence-corrected chi connectivity index (χ0v) is 11.1. The Kier molecular flexibility index (Phi) is 3.69. The Labute approximate surface area is 109 Å². The van der Waals surface area contributed by atoms with Crippen molar-refractivity contribution in [2.75, 3.05) is 0 Å². The smallest absolute Gasteiger partial charge is 0.167 e. The molecule has 0 saturated carbocycles. The predicted molar refractivity (Wildman–Crippen MR) is 71.2 cm³/mol. The third-order valence-electron chi connectivity index (χ3n) is 2.59. The van der Waals surface area contributed by atoms with E-state index < -0.39 is 0 Å². The molecule has 0 saturated heterocycles. The van der Waals surface area contributed by atoms with Gasteiger partial charge in [-0.1, -0.05) is 28.1 Å². The predicted octanol–water partition coefficient (Wildman–Crippen LogP) is 3.58. The Bertz CT molecular complexity index is 537. The molecule has 3 heteroatoms. The van der Waals surface area contributed by atoms with Gasteiger partial charge in [0, 0.05) is 28.9 Å². The second-order valence-electron chi connectivity index (χ2n) is 3.92. The second-order valence-corrected chi connectivity index (χ2v) is 4.84. The van der Waals surface area contributed by atoms with Crippen molar-refractivity contribution in [3.8, 4) is 0 Å². The first-order chi connectivity index (χ1) is 8.16. The van der Waals surface area contributed by atoms with E-state index in [9.17, 15) is 4.79 Å². The number of pyridine rings is 1. The van der Waals surface area contributed by atoms with Crippen LogP contribution in [0.2, 0.25) is 0 Å². The molecular weight excluding hydrogens is 278 g/mol. The van der Waals surface area contributed by atoms with Crippen molar-refractivity contribution in [3.63, 3.8) is 0 Å². The number of benzene rings is 1. The van der Waals surface area contributed by atoms with Crippen molar-refractivity contribution < 1.29 is 4.79 Å². The molecule has 1 aromatic carbocycles. The standard InChI is InChI=1S/C14H12BrNO/c1-10-4-5-12(15)8-13(10)14(17)7-11-3-2-6-16-9-11/h2-6,8-9H,7H2,1H3. The maximum atomic E-state index is 12.1. The number of ketones is 1. The lowest BCUT2D eigenvalue weighted by Gasteiger charge is -2.05. The highest BCUT2D eigenvalue weighted by Crippen LogP contribution is 2.17. The third kappa shape index (κ3) is 3.01. The summed E-state index contributed by atoms with van der Waals surface area (Å²) in [4.78, 5) is 16.1. The van der Waals surface area contributed by atoms with Crippen molar-refractivity contribution in [1.82, 2.24) is 4.98 Å². The summed E-state index contributed by atoms with van der Waals surface area (Å²) in [6.07, 6.45) is 3.83. The molecule has 0 bridgehead atoms. The van der Waals surface area contributed by atoms with Crippen LogP contribution in [0, 0.1) is 6.92 Å². The molecule has 2 aromatic rings. The van der Waals surface area contributed by atoms with E-state index in [4.69, 9.17) is 0 Å². The van der Waals surface area contributed by atoms with Gasteiger partial charge in [-0.05, 0) is 36.2 Å². The molecule has 0 N–H and O–H groups in total. The highest BCUT2D eigenvalue weighted by Gasteiger charge is 2.10. The molecule has 0 atom stereocenters. The number of hydrogen-bond donors (Lipinski definition) is 0. The minimum atomic E-state index is 0.122. The Morgan fingerprint density at radius 3 is 2.88 bits per heavy atom. The molecule has 0 aliphatic heterocycles. The Morgan fingerprint density at radius 1 is 1.35 bits per heavy atom. The van der Waals surface area contributed by atoms with E-state index in [2.05, 4.69) is 20.9 Å². The van der Waals surface area contributed by atoms with Crippen LogP contribution in [0.1, 0.15) is 21.5 Å². The SMILES string of the molecule is Cc1ccc(Br)cc1C(=O)Cc1cccnc1. The molecular formula is C14H12BrNO. The second kappa shape index (κ2) is 5.23. The number of aromatic nitrogens is 1. The number of aryl methyl sites for hydroxylation is 1. The molecule has 86 valence electrons. The summed E-state index contributed by atoms with van der Waals surface area (Å²) in [6, 6.07) is 9.51. The largest absolute Gasteiger partial charge is 0.294 e. The van der Waals surface area contributed by atoms with Gasteiger partial charge in [0.05, 0.1) is 0 Å². The number of halogens is 1. The molecule has 1 aromatic heterocycles. The molecule has 0 amide bonds. The first-order valence-electron chi connectivity index (χ1n) is 5.35. The Morgan fingerprint density at radius 2 is 2.18 bits per heavy atom. The van der Waals surface area contributed by atoms with E-state index in [0.29, 0.717) is 6.42 Å². The van der Waals surface area contributed by atoms with Crippen LogP contribution in [0.15, 0.2) is 47.2 Å². The van der Waals surface area contributed by atoms with E-state index in [0.717, 1.165) is 21.2 Å². The van der Waals surface area contributed by atoms with Gasteiger partial charge in [0.25, 0.3) is 0 Å². The molecule has 0 aliphatic rings. The van der Waals surface area contributed by atoms with Gasteiger partial charge in [0.2, 0.25) is 0 Å².